The molecule has 2 amide bonds. The van der Waals surface area contributed by atoms with E-state index in [0.29, 0.717) is 37.1 Å². The van der Waals surface area contributed by atoms with Crippen LogP contribution in [0.4, 0.5) is 0 Å². The molecule has 0 heterocycles. The van der Waals surface area contributed by atoms with Crippen LogP contribution in [0.2, 0.25) is 0 Å². The van der Waals surface area contributed by atoms with Gasteiger partial charge in [0, 0.05) is 38.3 Å². The number of amides is 2. The number of benzene rings is 2. The Balaban J connectivity index is 2.00. The lowest BCUT2D eigenvalue weighted by molar-refractivity contribution is 0.0718. The molecule has 0 fully saturated rings. The minimum Gasteiger partial charge on any atom is -0.508 e. The Hall–Kier alpha value is -3.02. The minimum atomic E-state index is -0.159. The normalized spacial score (nSPS) is 10.6. The van der Waals surface area contributed by atoms with Crippen molar-refractivity contribution in [1.29, 1.82) is 0 Å². The Morgan fingerprint density at radius 2 is 1.11 bits per heavy atom. The van der Waals surface area contributed by atoms with Crippen LogP contribution in [0.5, 0.6) is 11.5 Å². The summed E-state index contributed by atoms with van der Waals surface area (Å²) in [6.45, 7) is 4.59. The topological polar surface area (TPSA) is 81.1 Å². The number of carbonyl (C=O) groups excluding carboxylic acids is 2. The predicted octanol–water partition coefficient (Wildman–Crippen LogP) is 3.07. The quantitative estimate of drug-likeness (QED) is 0.769. The molecule has 0 bridgehead atoms. The number of aryl methyl sites for hydroxylation is 2. The maximum atomic E-state index is 12.6. The number of carbonyl (C=O) groups is 2. The Labute approximate surface area is 166 Å². The molecule has 0 unspecified atom stereocenters. The summed E-state index contributed by atoms with van der Waals surface area (Å²) in [6, 6.07) is 9.67. The molecule has 0 saturated heterocycles. The number of rotatable bonds is 7. The smallest absolute Gasteiger partial charge is 0.253 e. The molecule has 6 nitrogen and oxygen atoms in total. The second kappa shape index (κ2) is 9.26. The van der Waals surface area contributed by atoms with Crippen LogP contribution >= 0.6 is 0 Å². The highest BCUT2D eigenvalue weighted by Gasteiger charge is 2.17. The molecule has 0 aliphatic rings. The Morgan fingerprint density at radius 3 is 1.43 bits per heavy atom. The molecule has 0 spiro atoms. The van der Waals surface area contributed by atoms with Crippen molar-refractivity contribution in [2.75, 3.05) is 27.2 Å². The van der Waals surface area contributed by atoms with Crippen molar-refractivity contribution in [1.82, 2.24) is 9.80 Å². The van der Waals surface area contributed by atoms with Crippen LogP contribution in [-0.2, 0) is 12.8 Å². The fraction of sp³-hybridized carbons (Fsp3) is 0.364. The van der Waals surface area contributed by atoms with Crippen molar-refractivity contribution in [3.8, 4) is 11.5 Å². The highest BCUT2D eigenvalue weighted by Crippen LogP contribution is 2.21. The van der Waals surface area contributed by atoms with Gasteiger partial charge >= 0.3 is 0 Å². The van der Waals surface area contributed by atoms with Gasteiger partial charge in [-0.1, -0.05) is 13.8 Å². The molecule has 0 aliphatic heterocycles. The monoisotopic (exact) mass is 384 g/mol. The van der Waals surface area contributed by atoms with Gasteiger partial charge in [0.2, 0.25) is 0 Å². The number of aromatic hydroxyl groups is 2. The minimum absolute atomic E-state index is 0.159. The summed E-state index contributed by atoms with van der Waals surface area (Å²) in [6.07, 6.45) is 1.28. The van der Waals surface area contributed by atoms with E-state index in [1.54, 1.807) is 48.2 Å². The van der Waals surface area contributed by atoms with Crippen LogP contribution < -0.4 is 0 Å². The van der Waals surface area contributed by atoms with Gasteiger partial charge in [-0.25, -0.2) is 0 Å². The van der Waals surface area contributed by atoms with Crippen molar-refractivity contribution in [2.24, 2.45) is 0 Å². The van der Waals surface area contributed by atoms with E-state index >= 15 is 0 Å². The fourth-order valence-electron chi connectivity index (χ4n) is 2.95. The molecule has 2 N–H and O–H groups in total. The average molecular weight is 384 g/mol. The van der Waals surface area contributed by atoms with Crippen molar-refractivity contribution in [2.45, 2.75) is 26.7 Å². The Morgan fingerprint density at radius 1 is 0.750 bits per heavy atom. The number of nitrogens with zero attached hydrogens (tertiary/aromatic N) is 2. The maximum absolute atomic E-state index is 12.6. The molecular formula is C22H28N2O4. The summed E-state index contributed by atoms with van der Waals surface area (Å²) in [5, 5.41) is 19.5. The third-order valence-corrected chi connectivity index (χ3v) is 4.88. The maximum Gasteiger partial charge on any atom is 0.253 e. The average Bonchev–Trinajstić information content (AvgIpc) is 2.71. The largest absolute Gasteiger partial charge is 0.508 e. The Bertz CT molecular complexity index is 792. The highest BCUT2D eigenvalue weighted by atomic mass is 16.3. The van der Waals surface area contributed by atoms with Crippen molar-refractivity contribution >= 4 is 11.8 Å². The lowest BCUT2D eigenvalue weighted by Gasteiger charge is -2.23. The van der Waals surface area contributed by atoms with Gasteiger partial charge in [-0.2, -0.15) is 0 Å². The summed E-state index contributed by atoms with van der Waals surface area (Å²) < 4.78 is 0. The SMILES string of the molecule is CCc1cc(C(=O)N(C)CCN(C)C(=O)c2ccc(O)c(CC)c2)ccc1O. The molecule has 2 aromatic carbocycles. The number of hydrogen-bond donors (Lipinski definition) is 2. The van der Waals surface area contributed by atoms with Gasteiger partial charge in [-0.3, -0.25) is 9.59 Å². The van der Waals surface area contributed by atoms with E-state index in [-0.39, 0.29) is 23.3 Å². The molecule has 0 atom stereocenters. The number of phenols is 2. The van der Waals surface area contributed by atoms with Crippen LogP contribution in [0.1, 0.15) is 45.7 Å². The second-order valence-electron chi connectivity index (χ2n) is 6.85. The van der Waals surface area contributed by atoms with Gasteiger partial charge in [0.15, 0.2) is 0 Å². The zero-order valence-corrected chi connectivity index (χ0v) is 16.9. The second-order valence-corrected chi connectivity index (χ2v) is 6.85. The van der Waals surface area contributed by atoms with Gasteiger partial charge in [0.05, 0.1) is 0 Å². The van der Waals surface area contributed by atoms with Gasteiger partial charge in [-0.15, -0.1) is 0 Å². The summed E-state index contributed by atoms with van der Waals surface area (Å²) in [5.74, 6) is 0.0571. The molecule has 0 saturated carbocycles. The molecule has 0 aromatic heterocycles. The summed E-state index contributed by atoms with van der Waals surface area (Å²) in [7, 11) is 3.38. The summed E-state index contributed by atoms with van der Waals surface area (Å²) >= 11 is 0. The van der Waals surface area contributed by atoms with Crippen LogP contribution in [0.25, 0.3) is 0 Å². The van der Waals surface area contributed by atoms with Crippen LogP contribution in [0, 0.1) is 0 Å². The molecule has 0 radical (unpaired) electrons. The van der Waals surface area contributed by atoms with E-state index in [1.165, 1.54) is 12.1 Å². The zero-order chi connectivity index (χ0) is 20.8. The van der Waals surface area contributed by atoms with Crippen LogP contribution in [0.15, 0.2) is 36.4 Å². The molecular weight excluding hydrogens is 356 g/mol. The van der Waals surface area contributed by atoms with Gasteiger partial charge in [0.1, 0.15) is 11.5 Å². The number of phenolic OH excluding ortho intramolecular Hbond substituents is 2. The van der Waals surface area contributed by atoms with Crippen LogP contribution in [0.3, 0.4) is 0 Å². The van der Waals surface area contributed by atoms with E-state index < -0.39 is 0 Å². The molecule has 28 heavy (non-hydrogen) atoms. The van der Waals surface area contributed by atoms with Crippen molar-refractivity contribution in [3.63, 3.8) is 0 Å². The van der Waals surface area contributed by atoms with E-state index in [2.05, 4.69) is 0 Å². The predicted molar refractivity (Wildman–Crippen MR) is 109 cm³/mol. The first-order chi connectivity index (χ1) is 13.3. The molecule has 2 rings (SSSR count). The van der Waals surface area contributed by atoms with Gasteiger partial charge < -0.3 is 20.0 Å². The standard InChI is InChI=1S/C22H28N2O4/c1-5-15-13-17(7-9-19(15)25)21(27)23(3)11-12-24(4)22(28)18-8-10-20(26)16(6-2)14-18/h7-10,13-14,25-26H,5-6,11-12H2,1-4H3. The Kier molecular flexibility index (Phi) is 7.04. The lowest BCUT2D eigenvalue weighted by Crippen LogP contribution is -2.37. The van der Waals surface area contributed by atoms with Crippen LogP contribution in [-0.4, -0.2) is 59.0 Å². The molecule has 6 heteroatoms. The highest BCUT2D eigenvalue weighted by molar-refractivity contribution is 5.95. The van der Waals surface area contributed by atoms with Gasteiger partial charge in [-0.05, 0) is 60.4 Å². The number of hydrogen-bond acceptors (Lipinski definition) is 4. The van der Waals surface area contributed by atoms with Crippen molar-refractivity contribution < 1.29 is 19.8 Å². The summed E-state index contributed by atoms with van der Waals surface area (Å²) in [4.78, 5) is 28.3. The van der Waals surface area contributed by atoms with E-state index in [9.17, 15) is 19.8 Å². The van der Waals surface area contributed by atoms with Gasteiger partial charge in [0.25, 0.3) is 11.8 Å². The van der Waals surface area contributed by atoms with Crippen molar-refractivity contribution in [3.05, 3.63) is 58.7 Å². The first-order valence-electron chi connectivity index (χ1n) is 9.43. The summed E-state index contributed by atoms with van der Waals surface area (Å²) in [5.41, 5.74) is 2.48. The van der Waals surface area contributed by atoms with E-state index in [0.717, 1.165) is 11.1 Å². The molecule has 2 aromatic rings. The lowest BCUT2D eigenvalue weighted by atomic mass is 10.1. The third kappa shape index (κ3) is 4.82. The first-order valence-corrected chi connectivity index (χ1v) is 9.43. The van der Waals surface area contributed by atoms with E-state index in [1.807, 2.05) is 13.8 Å². The molecule has 0 aliphatic carbocycles. The third-order valence-electron chi connectivity index (χ3n) is 4.88. The van der Waals surface area contributed by atoms with E-state index in [4.69, 9.17) is 0 Å². The fourth-order valence-corrected chi connectivity index (χ4v) is 2.95. The zero-order valence-electron chi connectivity index (χ0n) is 16.9. The number of likely N-dealkylation sites (N-methyl/N-ethyl adjacent to an activating group) is 2. The first kappa shape index (κ1) is 21.3. The molecule has 150 valence electrons.